The van der Waals surface area contributed by atoms with Gasteiger partial charge >= 0.3 is 6.03 Å². The number of carbonyl (C=O) groups is 1. The summed E-state index contributed by atoms with van der Waals surface area (Å²) in [6.07, 6.45) is 8.23. The highest BCUT2D eigenvalue weighted by molar-refractivity contribution is 5.74. The van der Waals surface area contributed by atoms with E-state index in [0.717, 1.165) is 37.3 Å². The molecule has 1 aromatic rings. The van der Waals surface area contributed by atoms with Gasteiger partial charge < -0.3 is 14.8 Å². The molecular formula is C15H25N5O. The lowest BCUT2D eigenvalue weighted by atomic mass is 9.75. The van der Waals surface area contributed by atoms with Crippen LogP contribution in [0.25, 0.3) is 0 Å². The number of urea groups is 1. The molecule has 0 unspecified atom stereocenters. The van der Waals surface area contributed by atoms with Gasteiger partial charge in [0.05, 0.1) is 6.54 Å². The summed E-state index contributed by atoms with van der Waals surface area (Å²) in [5, 5.41) is 10.9. The number of fused-ring (bicyclic) bond motifs is 1. The van der Waals surface area contributed by atoms with Crippen LogP contribution in [0, 0.1) is 11.8 Å². The van der Waals surface area contributed by atoms with Gasteiger partial charge in [-0.15, -0.1) is 10.2 Å². The van der Waals surface area contributed by atoms with Gasteiger partial charge in [0.1, 0.15) is 6.33 Å². The molecule has 1 aliphatic carbocycles. The first kappa shape index (κ1) is 14.4. The van der Waals surface area contributed by atoms with Crippen LogP contribution in [0.3, 0.4) is 0 Å². The maximum absolute atomic E-state index is 12.3. The summed E-state index contributed by atoms with van der Waals surface area (Å²) >= 11 is 0. The van der Waals surface area contributed by atoms with Gasteiger partial charge in [0, 0.05) is 19.6 Å². The Morgan fingerprint density at radius 2 is 2.14 bits per heavy atom. The van der Waals surface area contributed by atoms with Crippen molar-refractivity contribution in [3.8, 4) is 0 Å². The molecule has 6 heteroatoms. The molecular weight excluding hydrogens is 266 g/mol. The molecule has 0 bridgehead atoms. The lowest BCUT2D eigenvalue weighted by Gasteiger charge is -2.41. The summed E-state index contributed by atoms with van der Waals surface area (Å²) in [5.74, 6) is 2.39. The second kappa shape index (κ2) is 6.45. The Balaban J connectivity index is 1.51. The first-order chi connectivity index (χ1) is 10.3. The van der Waals surface area contributed by atoms with Crippen molar-refractivity contribution in [2.45, 2.75) is 52.1 Å². The van der Waals surface area contributed by atoms with E-state index < -0.39 is 0 Å². The molecule has 2 atom stereocenters. The number of hydrogen-bond acceptors (Lipinski definition) is 3. The summed E-state index contributed by atoms with van der Waals surface area (Å²) in [4.78, 5) is 14.3. The quantitative estimate of drug-likeness (QED) is 0.926. The van der Waals surface area contributed by atoms with E-state index >= 15 is 0 Å². The number of carbonyl (C=O) groups excluding carboxylic acids is 1. The minimum Gasteiger partial charge on any atom is -0.331 e. The van der Waals surface area contributed by atoms with Gasteiger partial charge in [-0.25, -0.2) is 4.79 Å². The van der Waals surface area contributed by atoms with E-state index in [4.69, 9.17) is 0 Å². The number of likely N-dealkylation sites (tertiary alicyclic amines) is 1. The van der Waals surface area contributed by atoms with Crippen LogP contribution in [0.1, 0.15) is 44.9 Å². The summed E-state index contributed by atoms with van der Waals surface area (Å²) in [6.45, 7) is 5.15. The SMILES string of the molecule is CCn1cnnc1CNC(=O)N1CC[C@@H]2CCCC[C@H]2C1. The van der Waals surface area contributed by atoms with Crippen molar-refractivity contribution >= 4 is 6.03 Å². The van der Waals surface area contributed by atoms with E-state index in [0.29, 0.717) is 6.54 Å². The monoisotopic (exact) mass is 291 g/mol. The summed E-state index contributed by atoms with van der Waals surface area (Å²) < 4.78 is 1.95. The zero-order valence-corrected chi connectivity index (χ0v) is 12.8. The first-order valence-electron chi connectivity index (χ1n) is 8.17. The Morgan fingerprint density at radius 1 is 1.33 bits per heavy atom. The largest absolute Gasteiger partial charge is 0.331 e. The summed E-state index contributed by atoms with van der Waals surface area (Å²) in [6, 6.07) is 0.0460. The first-order valence-corrected chi connectivity index (χ1v) is 8.17. The van der Waals surface area contributed by atoms with E-state index in [9.17, 15) is 4.79 Å². The number of rotatable bonds is 3. The molecule has 2 heterocycles. The van der Waals surface area contributed by atoms with E-state index in [1.165, 1.54) is 32.1 Å². The van der Waals surface area contributed by atoms with Crippen LogP contribution in [0.15, 0.2) is 6.33 Å². The molecule has 2 aliphatic rings. The average molecular weight is 291 g/mol. The third-order valence-corrected chi connectivity index (χ3v) is 5.01. The summed E-state index contributed by atoms with van der Waals surface area (Å²) in [5.41, 5.74) is 0. The Labute approximate surface area is 125 Å². The smallest absolute Gasteiger partial charge is 0.317 e. The molecule has 6 nitrogen and oxygen atoms in total. The Kier molecular flexibility index (Phi) is 4.41. The standard InChI is InChI=1S/C15H25N5O/c1-2-19-11-17-18-14(19)9-16-15(21)20-8-7-12-5-3-4-6-13(12)10-20/h11-13H,2-10H2,1H3,(H,16,21)/t12-,13-/m0/s1. The van der Waals surface area contributed by atoms with Gasteiger partial charge in [0.25, 0.3) is 0 Å². The van der Waals surface area contributed by atoms with Crippen molar-refractivity contribution in [2.24, 2.45) is 11.8 Å². The van der Waals surface area contributed by atoms with Crippen molar-refractivity contribution in [3.05, 3.63) is 12.2 Å². The van der Waals surface area contributed by atoms with Gasteiger partial charge in [-0.3, -0.25) is 0 Å². The third-order valence-electron chi connectivity index (χ3n) is 5.01. The van der Waals surface area contributed by atoms with E-state index in [1.54, 1.807) is 6.33 Å². The molecule has 2 fully saturated rings. The molecule has 1 aliphatic heterocycles. The van der Waals surface area contributed by atoms with Gasteiger partial charge in [0.2, 0.25) is 0 Å². The number of aryl methyl sites for hydroxylation is 1. The lowest BCUT2D eigenvalue weighted by Crippen LogP contribution is -2.48. The predicted octanol–water partition coefficient (Wildman–Crippen LogP) is 2.02. The molecule has 2 amide bonds. The topological polar surface area (TPSA) is 63.1 Å². The molecule has 1 aromatic heterocycles. The van der Waals surface area contributed by atoms with Gasteiger partial charge in [0.15, 0.2) is 5.82 Å². The number of nitrogens with zero attached hydrogens (tertiary/aromatic N) is 4. The number of hydrogen-bond donors (Lipinski definition) is 1. The Bertz CT molecular complexity index is 486. The van der Waals surface area contributed by atoms with Crippen LogP contribution >= 0.6 is 0 Å². The van der Waals surface area contributed by atoms with Crippen LogP contribution in [0.4, 0.5) is 4.79 Å². The second-order valence-corrected chi connectivity index (χ2v) is 6.23. The molecule has 0 aromatic carbocycles. The Morgan fingerprint density at radius 3 is 2.95 bits per heavy atom. The zero-order valence-electron chi connectivity index (χ0n) is 12.8. The van der Waals surface area contributed by atoms with Crippen molar-refractivity contribution in [2.75, 3.05) is 13.1 Å². The van der Waals surface area contributed by atoms with Crippen molar-refractivity contribution < 1.29 is 4.79 Å². The highest BCUT2D eigenvalue weighted by Gasteiger charge is 2.32. The zero-order chi connectivity index (χ0) is 14.7. The molecule has 0 spiro atoms. The minimum atomic E-state index is 0.0460. The average Bonchev–Trinajstić information content (AvgIpc) is 2.99. The van der Waals surface area contributed by atoms with Gasteiger partial charge in [-0.2, -0.15) is 0 Å². The van der Waals surface area contributed by atoms with Crippen molar-refractivity contribution in [1.29, 1.82) is 0 Å². The number of nitrogens with one attached hydrogen (secondary N) is 1. The van der Waals surface area contributed by atoms with Crippen LogP contribution in [-0.2, 0) is 13.1 Å². The highest BCUT2D eigenvalue weighted by atomic mass is 16.2. The van der Waals surface area contributed by atoms with Crippen LogP contribution in [-0.4, -0.2) is 38.8 Å². The fraction of sp³-hybridized carbons (Fsp3) is 0.800. The van der Waals surface area contributed by atoms with E-state index in [2.05, 4.69) is 15.5 Å². The van der Waals surface area contributed by atoms with Crippen LogP contribution in [0.5, 0.6) is 0 Å². The van der Waals surface area contributed by atoms with Crippen molar-refractivity contribution in [1.82, 2.24) is 25.0 Å². The summed E-state index contributed by atoms with van der Waals surface area (Å²) in [7, 11) is 0. The molecule has 1 N–H and O–H groups in total. The molecule has 21 heavy (non-hydrogen) atoms. The fourth-order valence-electron chi connectivity index (χ4n) is 3.73. The number of aromatic nitrogens is 3. The fourth-order valence-corrected chi connectivity index (χ4v) is 3.73. The lowest BCUT2D eigenvalue weighted by molar-refractivity contribution is 0.102. The number of piperidine rings is 1. The van der Waals surface area contributed by atoms with Crippen LogP contribution in [0.2, 0.25) is 0 Å². The van der Waals surface area contributed by atoms with Crippen molar-refractivity contribution in [3.63, 3.8) is 0 Å². The molecule has 116 valence electrons. The highest BCUT2D eigenvalue weighted by Crippen LogP contribution is 2.35. The van der Waals surface area contributed by atoms with Gasteiger partial charge in [-0.1, -0.05) is 19.3 Å². The maximum Gasteiger partial charge on any atom is 0.317 e. The second-order valence-electron chi connectivity index (χ2n) is 6.23. The predicted molar refractivity (Wildman–Crippen MR) is 79.6 cm³/mol. The normalized spacial score (nSPS) is 25.5. The minimum absolute atomic E-state index is 0.0460. The third kappa shape index (κ3) is 3.19. The van der Waals surface area contributed by atoms with E-state index in [1.807, 2.05) is 16.4 Å². The van der Waals surface area contributed by atoms with Gasteiger partial charge in [-0.05, 0) is 31.6 Å². The molecule has 0 radical (unpaired) electrons. The molecule has 3 rings (SSSR count). The molecule has 1 saturated carbocycles. The molecule has 1 saturated heterocycles. The maximum atomic E-state index is 12.3. The van der Waals surface area contributed by atoms with E-state index in [-0.39, 0.29) is 6.03 Å². The van der Waals surface area contributed by atoms with Crippen LogP contribution < -0.4 is 5.32 Å². The Hall–Kier alpha value is -1.59. The number of amides is 2.